The number of rotatable bonds is 11. The van der Waals surface area contributed by atoms with Crippen molar-refractivity contribution in [3.63, 3.8) is 0 Å². The van der Waals surface area contributed by atoms with Gasteiger partial charge in [-0.25, -0.2) is 0 Å². The lowest BCUT2D eigenvalue weighted by Gasteiger charge is -2.54. The Hall–Kier alpha value is -1.14. The summed E-state index contributed by atoms with van der Waals surface area (Å²) in [5.74, 6) is -1.53. The molecule has 0 radical (unpaired) electrons. The van der Waals surface area contributed by atoms with Gasteiger partial charge in [-0.15, -0.1) is 0 Å². The molecule has 0 aliphatic carbocycles. The zero-order valence-electron chi connectivity index (χ0n) is 25.0. The molecule has 2 saturated heterocycles. The summed E-state index contributed by atoms with van der Waals surface area (Å²) in [6, 6.07) is 0. The Morgan fingerprint density at radius 2 is 0.861 bits per heavy atom. The van der Waals surface area contributed by atoms with Gasteiger partial charge in [-0.2, -0.15) is 0 Å². The van der Waals surface area contributed by atoms with Gasteiger partial charge < -0.3 is 10.2 Å². The minimum absolute atomic E-state index is 0.0109. The molecule has 0 bridgehead atoms. The molecule has 0 aromatic heterocycles. The van der Waals surface area contributed by atoms with E-state index in [1.165, 1.54) is 0 Å². The van der Waals surface area contributed by atoms with Gasteiger partial charge in [0.15, 0.2) is 0 Å². The van der Waals surface area contributed by atoms with Gasteiger partial charge in [-0.05, 0) is 120 Å². The highest BCUT2D eigenvalue weighted by atomic mass is 16.4. The monoisotopic (exact) mass is 508 g/mol. The van der Waals surface area contributed by atoms with Gasteiger partial charge in [-0.1, -0.05) is 25.7 Å². The summed E-state index contributed by atoms with van der Waals surface area (Å²) >= 11 is 0. The quantitative estimate of drug-likeness (QED) is 0.309. The number of nitrogens with zero attached hydrogens (tertiary/aromatic N) is 2. The van der Waals surface area contributed by atoms with Gasteiger partial charge in [0.2, 0.25) is 0 Å². The van der Waals surface area contributed by atoms with Crippen LogP contribution < -0.4 is 0 Å². The number of hydrogen-bond donors (Lipinski definition) is 2. The zero-order chi connectivity index (χ0) is 27.7. The summed E-state index contributed by atoms with van der Waals surface area (Å²) < 4.78 is 0. The third kappa shape index (κ3) is 7.24. The molecule has 0 aromatic rings. The summed E-state index contributed by atoms with van der Waals surface area (Å²) in [4.78, 5) is 29.2. The molecule has 6 heteroatoms. The van der Waals surface area contributed by atoms with Crippen LogP contribution in [0.15, 0.2) is 0 Å². The lowest BCUT2D eigenvalue weighted by atomic mass is 9.68. The van der Waals surface area contributed by atoms with E-state index >= 15 is 0 Å². The lowest BCUT2D eigenvalue weighted by molar-refractivity contribution is -0.148. The topological polar surface area (TPSA) is 81.1 Å². The highest BCUT2D eigenvalue weighted by Crippen LogP contribution is 2.45. The first-order valence-corrected chi connectivity index (χ1v) is 14.3. The maximum absolute atomic E-state index is 12.2. The number of hydrogen-bond acceptors (Lipinski definition) is 4. The fraction of sp³-hybridized carbons (Fsp3) is 0.933. The Balaban J connectivity index is 1.87. The molecule has 6 nitrogen and oxygen atoms in total. The van der Waals surface area contributed by atoms with E-state index in [1.807, 2.05) is 0 Å². The van der Waals surface area contributed by atoms with Crippen molar-refractivity contribution >= 4 is 11.9 Å². The summed E-state index contributed by atoms with van der Waals surface area (Å²) in [5.41, 5.74) is -0.0436. The summed E-state index contributed by atoms with van der Waals surface area (Å²) in [6.45, 7) is 17.8. The molecule has 0 saturated carbocycles. The molecule has 2 aliphatic rings. The van der Waals surface area contributed by atoms with Crippen molar-refractivity contribution in [1.82, 2.24) is 9.80 Å². The predicted octanol–water partition coefficient (Wildman–Crippen LogP) is 6.53. The number of carboxylic acids is 2. The minimum Gasteiger partial charge on any atom is -0.481 e. The average molecular weight is 509 g/mol. The number of likely N-dealkylation sites (tertiary alicyclic amines) is 2. The molecule has 0 spiro atoms. The van der Waals surface area contributed by atoms with Gasteiger partial charge in [-0.3, -0.25) is 19.4 Å². The maximum atomic E-state index is 12.2. The minimum atomic E-state index is -0.658. The van der Waals surface area contributed by atoms with Crippen molar-refractivity contribution < 1.29 is 19.8 Å². The Morgan fingerprint density at radius 1 is 0.611 bits per heavy atom. The smallest absolute Gasteiger partial charge is 0.306 e. The van der Waals surface area contributed by atoms with Crippen LogP contribution in [0.25, 0.3) is 0 Å². The van der Waals surface area contributed by atoms with Crippen LogP contribution in [-0.4, -0.2) is 68.2 Å². The molecule has 2 heterocycles. The predicted molar refractivity (Wildman–Crippen MR) is 147 cm³/mol. The van der Waals surface area contributed by atoms with E-state index in [-0.39, 0.29) is 45.8 Å². The van der Waals surface area contributed by atoms with Crippen LogP contribution in [0.2, 0.25) is 0 Å². The van der Waals surface area contributed by atoms with Gasteiger partial charge in [0, 0.05) is 22.2 Å². The van der Waals surface area contributed by atoms with Crippen molar-refractivity contribution in [1.29, 1.82) is 0 Å². The van der Waals surface area contributed by atoms with Crippen LogP contribution >= 0.6 is 0 Å². The molecular weight excluding hydrogens is 452 g/mol. The Kier molecular flexibility index (Phi) is 9.76. The molecule has 0 amide bonds. The van der Waals surface area contributed by atoms with E-state index in [0.29, 0.717) is 0 Å². The van der Waals surface area contributed by atoms with E-state index in [4.69, 9.17) is 0 Å². The molecular formula is C30H56N2O4. The van der Waals surface area contributed by atoms with Crippen LogP contribution in [0.5, 0.6) is 0 Å². The normalized spacial score (nSPS) is 26.4. The second-order valence-electron chi connectivity index (χ2n) is 14.6. The molecule has 2 atom stereocenters. The Labute approximate surface area is 221 Å². The second-order valence-corrected chi connectivity index (χ2v) is 14.6. The van der Waals surface area contributed by atoms with Crippen LogP contribution in [0.4, 0.5) is 0 Å². The molecule has 2 unspecified atom stereocenters. The zero-order valence-corrected chi connectivity index (χ0v) is 25.0. The fourth-order valence-corrected chi connectivity index (χ4v) is 7.67. The number of carboxylic acid groups (broad SMARTS) is 2. The SMILES string of the molecule is CN1C(C)(C)CC(C(CCCCCCC(C(=O)O)C2CC(C)(C)N(C)C(C)(C)C2)C(=O)O)CC1(C)C. The van der Waals surface area contributed by atoms with Crippen molar-refractivity contribution in [3.8, 4) is 0 Å². The van der Waals surface area contributed by atoms with E-state index in [9.17, 15) is 19.8 Å². The summed E-state index contributed by atoms with van der Waals surface area (Å²) in [5, 5.41) is 20.1. The third-order valence-electron chi connectivity index (χ3n) is 10.2. The highest BCUT2D eigenvalue weighted by molar-refractivity contribution is 5.70. The molecule has 2 aliphatic heterocycles. The van der Waals surface area contributed by atoms with E-state index in [0.717, 1.165) is 64.2 Å². The fourth-order valence-electron chi connectivity index (χ4n) is 7.67. The van der Waals surface area contributed by atoms with E-state index < -0.39 is 11.9 Å². The Bertz CT molecular complexity index is 673. The standard InChI is InChI=1S/C30H56N2O4/c1-27(2)17-21(18-28(3,4)31(27)9)23(25(33)34)15-13-11-12-14-16-24(26(35)36)22-19-29(5,6)32(10)30(7,8)20-22/h21-24H,11-20H2,1-10H3,(H,33,34)(H,35,36). The van der Waals surface area contributed by atoms with Gasteiger partial charge >= 0.3 is 11.9 Å². The van der Waals surface area contributed by atoms with E-state index in [2.05, 4.69) is 79.3 Å². The molecule has 36 heavy (non-hydrogen) atoms. The highest BCUT2D eigenvalue weighted by Gasteiger charge is 2.47. The van der Waals surface area contributed by atoms with Crippen molar-refractivity contribution in [2.45, 2.75) is 142 Å². The van der Waals surface area contributed by atoms with Crippen molar-refractivity contribution in [3.05, 3.63) is 0 Å². The van der Waals surface area contributed by atoms with E-state index in [1.54, 1.807) is 0 Å². The van der Waals surface area contributed by atoms with Crippen molar-refractivity contribution in [2.24, 2.45) is 23.7 Å². The summed E-state index contributed by atoms with van der Waals surface area (Å²) in [6.07, 6.45) is 8.82. The van der Waals surface area contributed by atoms with Crippen molar-refractivity contribution in [2.75, 3.05) is 14.1 Å². The maximum Gasteiger partial charge on any atom is 0.306 e. The van der Waals surface area contributed by atoms with Crippen LogP contribution in [0.1, 0.15) is 120 Å². The molecule has 0 aromatic carbocycles. The van der Waals surface area contributed by atoms with Crippen LogP contribution in [-0.2, 0) is 9.59 Å². The van der Waals surface area contributed by atoms with Gasteiger partial charge in [0.1, 0.15) is 0 Å². The van der Waals surface area contributed by atoms with Crippen LogP contribution in [0, 0.1) is 23.7 Å². The first-order chi connectivity index (χ1) is 16.3. The van der Waals surface area contributed by atoms with Gasteiger partial charge in [0.25, 0.3) is 0 Å². The average Bonchev–Trinajstić information content (AvgIpc) is 2.70. The summed E-state index contributed by atoms with van der Waals surface area (Å²) in [7, 11) is 4.31. The first kappa shape index (κ1) is 31.1. The number of piperidine rings is 2. The molecule has 2 fully saturated rings. The lowest BCUT2D eigenvalue weighted by Crippen LogP contribution is -2.59. The van der Waals surface area contributed by atoms with Gasteiger partial charge in [0.05, 0.1) is 11.8 Å². The first-order valence-electron chi connectivity index (χ1n) is 14.3. The molecule has 210 valence electrons. The second kappa shape index (κ2) is 11.3. The molecule has 2 N–H and O–H groups in total. The third-order valence-corrected chi connectivity index (χ3v) is 10.2. The Morgan fingerprint density at radius 3 is 1.08 bits per heavy atom. The number of carbonyl (C=O) groups is 2. The largest absolute Gasteiger partial charge is 0.481 e. The number of aliphatic carboxylic acids is 2. The van der Waals surface area contributed by atoms with Crippen LogP contribution in [0.3, 0.4) is 0 Å². The molecule has 2 rings (SSSR count). The number of unbranched alkanes of at least 4 members (excludes halogenated alkanes) is 3.